The van der Waals surface area contributed by atoms with Crippen LogP contribution in [0.15, 0.2) is 35.1 Å². The van der Waals surface area contributed by atoms with Crippen molar-refractivity contribution in [1.82, 2.24) is 9.88 Å². The number of oxazole rings is 1. The van der Waals surface area contributed by atoms with Gasteiger partial charge in [-0.2, -0.15) is 0 Å². The van der Waals surface area contributed by atoms with E-state index in [0.29, 0.717) is 18.2 Å². The standard InChI is InChI=1S/C17H18N2O3/c20-9-14-13-4-2-1-3-11(13)7-8-19(14)17(21)16-15(12-5-6-12)18-10-22-16/h1-4,10,12,14,20H,5-9H2. The third-order valence-electron chi connectivity index (χ3n) is 4.60. The molecule has 0 spiro atoms. The molecule has 4 rings (SSSR count). The molecule has 0 radical (unpaired) electrons. The van der Waals surface area contributed by atoms with Gasteiger partial charge in [-0.3, -0.25) is 4.79 Å². The van der Waals surface area contributed by atoms with Gasteiger partial charge in [0, 0.05) is 12.5 Å². The van der Waals surface area contributed by atoms with Gasteiger partial charge in [-0.05, 0) is 30.4 Å². The number of rotatable bonds is 3. The van der Waals surface area contributed by atoms with Crippen molar-refractivity contribution < 1.29 is 14.3 Å². The number of carbonyl (C=O) groups excluding carboxylic acids is 1. The molecule has 2 heterocycles. The molecule has 22 heavy (non-hydrogen) atoms. The van der Waals surface area contributed by atoms with E-state index in [-0.39, 0.29) is 18.6 Å². The minimum Gasteiger partial charge on any atom is -0.438 e. The Labute approximate surface area is 128 Å². The van der Waals surface area contributed by atoms with Gasteiger partial charge in [0.2, 0.25) is 5.76 Å². The van der Waals surface area contributed by atoms with Crippen molar-refractivity contribution in [3.05, 3.63) is 53.2 Å². The molecule has 1 aliphatic heterocycles. The van der Waals surface area contributed by atoms with Gasteiger partial charge in [0.25, 0.3) is 5.91 Å². The highest BCUT2D eigenvalue weighted by Gasteiger charge is 2.37. The van der Waals surface area contributed by atoms with E-state index in [2.05, 4.69) is 11.1 Å². The highest BCUT2D eigenvalue weighted by molar-refractivity contribution is 5.93. The number of amides is 1. The highest BCUT2D eigenvalue weighted by Crippen LogP contribution is 2.41. The van der Waals surface area contributed by atoms with Crippen molar-refractivity contribution in [3.8, 4) is 0 Å². The maximum absolute atomic E-state index is 12.9. The van der Waals surface area contributed by atoms with Crippen LogP contribution in [0.2, 0.25) is 0 Å². The number of aliphatic hydroxyl groups is 1. The van der Waals surface area contributed by atoms with Gasteiger partial charge in [-0.25, -0.2) is 4.98 Å². The highest BCUT2D eigenvalue weighted by atomic mass is 16.4. The predicted molar refractivity (Wildman–Crippen MR) is 79.5 cm³/mol. The maximum Gasteiger partial charge on any atom is 0.292 e. The average Bonchev–Trinajstić information content (AvgIpc) is 3.30. The van der Waals surface area contributed by atoms with Gasteiger partial charge in [0.05, 0.1) is 18.3 Å². The molecule has 114 valence electrons. The molecular weight excluding hydrogens is 280 g/mol. The topological polar surface area (TPSA) is 66.6 Å². The maximum atomic E-state index is 12.9. The van der Waals surface area contributed by atoms with Crippen LogP contribution in [0.3, 0.4) is 0 Å². The summed E-state index contributed by atoms with van der Waals surface area (Å²) in [7, 11) is 0. The summed E-state index contributed by atoms with van der Waals surface area (Å²) in [6.07, 6.45) is 4.29. The Morgan fingerprint density at radius 3 is 2.95 bits per heavy atom. The van der Waals surface area contributed by atoms with Gasteiger partial charge in [0.1, 0.15) is 0 Å². The molecule has 0 bridgehead atoms. The van der Waals surface area contributed by atoms with Crippen molar-refractivity contribution in [2.24, 2.45) is 0 Å². The number of aromatic nitrogens is 1. The van der Waals surface area contributed by atoms with E-state index in [1.807, 2.05) is 18.2 Å². The minimum atomic E-state index is -0.311. The van der Waals surface area contributed by atoms with Gasteiger partial charge in [-0.15, -0.1) is 0 Å². The number of nitrogens with zero attached hydrogens (tertiary/aromatic N) is 2. The zero-order valence-corrected chi connectivity index (χ0v) is 12.2. The summed E-state index contributed by atoms with van der Waals surface area (Å²) >= 11 is 0. The Hall–Kier alpha value is -2.14. The summed E-state index contributed by atoms with van der Waals surface area (Å²) < 4.78 is 5.38. The summed E-state index contributed by atoms with van der Waals surface area (Å²) in [5, 5.41) is 9.81. The lowest BCUT2D eigenvalue weighted by Gasteiger charge is -2.35. The second-order valence-corrected chi connectivity index (χ2v) is 5.99. The molecule has 1 atom stereocenters. The molecule has 1 unspecified atom stereocenters. The smallest absolute Gasteiger partial charge is 0.292 e. The lowest BCUT2D eigenvalue weighted by Crippen LogP contribution is -2.41. The van der Waals surface area contributed by atoms with Crippen LogP contribution in [0.5, 0.6) is 0 Å². The molecule has 1 aromatic heterocycles. The first-order valence-corrected chi connectivity index (χ1v) is 7.72. The average molecular weight is 298 g/mol. The summed E-state index contributed by atoms with van der Waals surface area (Å²) in [4.78, 5) is 18.8. The Morgan fingerprint density at radius 2 is 2.18 bits per heavy atom. The molecule has 1 amide bonds. The number of hydrogen-bond acceptors (Lipinski definition) is 4. The Bertz CT molecular complexity index is 705. The van der Waals surface area contributed by atoms with Crippen molar-refractivity contribution in [1.29, 1.82) is 0 Å². The van der Waals surface area contributed by atoms with E-state index in [1.165, 1.54) is 12.0 Å². The molecule has 2 aromatic rings. The number of carbonyl (C=O) groups is 1. The van der Waals surface area contributed by atoms with Gasteiger partial charge >= 0.3 is 0 Å². The predicted octanol–water partition coefficient (Wildman–Crippen LogP) is 2.28. The minimum absolute atomic E-state index is 0.0876. The molecule has 1 aromatic carbocycles. The molecule has 2 aliphatic rings. The lowest BCUT2D eigenvalue weighted by atomic mass is 9.92. The van der Waals surface area contributed by atoms with E-state index >= 15 is 0 Å². The summed E-state index contributed by atoms with van der Waals surface area (Å²) in [5.41, 5.74) is 3.00. The number of benzene rings is 1. The van der Waals surface area contributed by atoms with E-state index in [0.717, 1.165) is 30.5 Å². The second-order valence-electron chi connectivity index (χ2n) is 5.99. The molecule has 1 saturated carbocycles. The molecule has 1 N–H and O–H groups in total. The summed E-state index contributed by atoms with van der Waals surface area (Å²) in [6.45, 7) is 0.502. The number of fused-ring (bicyclic) bond motifs is 1. The van der Waals surface area contributed by atoms with Crippen LogP contribution in [0, 0.1) is 0 Å². The SMILES string of the molecule is O=C(c1ocnc1C1CC1)N1CCc2ccccc2C1CO. The lowest BCUT2D eigenvalue weighted by molar-refractivity contribution is 0.0536. The van der Waals surface area contributed by atoms with Crippen LogP contribution >= 0.6 is 0 Å². The fourth-order valence-corrected chi connectivity index (χ4v) is 3.28. The first kappa shape index (κ1) is 13.5. The third kappa shape index (κ3) is 2.13. The van der Waals surface area contributed by atoms with E-state index in [9.17, 15) is 9.90 Å². The quantitative estimate of drug-likeness (QED) is 0.944. The molecule has 1 fully saturated rings. The molecule has 5 nitrogen and oxygen atoms in total. The second kappa shape index (κ2) is 5.25. The number of hydrogen-bond donors (Lipinski definition) is 1. The van der Waals surface area contributed by atoms with Gasteiger partial charge < -0.3 is 14.4 Å². The van der Waals surface area contributed by atoms with Crippen LogP contribution in [0.25, 0.3) is 0 Å². The van der Waals surface area contributed by atoms with Crippen molar-refractivity contribution in [2.45, 2.75) is 31.2 Å². The molecule has 1 aliphatic carbocycles. The zero-order valence-electron chi connectivity index (χ0n) is 12.2. The van der Waals surface area contributed by atoms with E-state index in [4.69, 9.17) is 4.42 Å². The molecule has 5 heteroatoms. The third-order valence-corrected chi connectivity index (χ3v) is 4.60. The Kier molecular flexibility index (Phi) is 3.22. The van der Waals surface area contributed by atoms with Gasteiger partial charge in [0.15, 0.2) is 6.39 Å². The summed E-state index contributed by atoms with van der Waals surface area (Å²) in [5.74, 6) is 0.552. The van der Waals surface area contributed by atoms with E-state index in [1.54, 1.807) is 4.90 Å². The fourth-order valence-electron chi connectivity index (χ4n) is 3.28. The van der Waals surface area contributed by atoms with Gasteiger partial charge in [-0.1, -0.05) is 24.3 Å². The zero-order chi connectivity index (χ0) is 15.1. The van der Waals surface area contributed by atoms with Crippen molar-refractivity contribution in [3.63, 3.8) is 0 Å². The van der Waals surface area contributed by atoms with Crippen molar-refractivity contribution in [2.75, 3.05) is 13.2 Å². The first-order valence-electron chi connectivity index (χ1n) is 7.72. The summed E-state index contributed by atoms with van der Waals surface area (Å²) in [6, 6.07) is 7.67. The van der Waals surface area contributed by atoms with Crippen LogP contribution in [0.1, 0.15) is 52.2 Å². The van der Waals surface area contributed by atoms with Crippen LogP contribution in [0.4, 0.5) is 0 Å². The fraction of sp³-hybridized carbons (Fsp3) is 0.412. The largest absolute Gasteiger partial charge is 0.438 e. The van der Waals surface area contributed by atoms with Crippen LogP contribution in [-0.4, -0.2) is 34.0 Å². The molecule has 0 saturated heterocycles. The molecular formula is C17H18N2O3. The van der Waals surface area contributed by atoms with Crippen molar-refractivity contribution >= 4 is 5.91 Å². The number of aliphatic hydroxyl groups excluding tert-OH is 1. The first-order chi connectivity index (χ1) is 10.8. The Balaban J connectivity index is 1.67. The van der Waals surface area contributed by atoms with Crippen LogP contribution in [-0.2, 0) is 6.42 Å². The van der Waals surface area contributed by atoms with E-state index < -0.39 is 0 Å². The Morgan fingerprint density at radius 1 is 1.36 bits per heavy atom. The normalized spacial score (nSPS) is 20.8. The van der Waals surface area contributed by atoms with Crippen LogP contribution < -0.4 is 0 Å². The monoisotopic (exact) mass is 298 g/mol.